The van der Waals surface area contributed by atoms with E-state index in [1.807, 2.05) is 43.9 Å². The third-order valence-corrected chi connectivity index (χ3v) is 5.57. The summed E-state index contributed by atoms with van der Waals surface area (Å²) in [5, 5.41) is 1.91. The molecule has 1 amide bonds. The Labute approximate surface area is 140 Å². The molecule has 5 heteroatoms. The van der Waals surface area contributed by atoms with E-state index < -0.39 is 0 Å². The number of aromatic nitrogens is 1. The molecule has 0 radical (unpaired) electrons. The number of carbonyl (C=O) groups excluding carboxylic acids is 1. The van der Waals surface area contributed by atoms with Gasteiger partial charge in [-0.05, 0) is 31.0 Å². The lowest BCUT2D eigenvalue weighted by molar-refractivity contribution is -0.140. The maximum Gasteiger partial charge on any atom is 0.227 e. The fraction of sp³-hybridized carbons (Fsp3) is 0.529. The van der Waals surface area contributed by atoms with Crippen molar-refractivity contribution in [3.8, 4) is 0 Å². The van der Waals surface area contributed by atoms with Gasteiger partial charge in [-0.15, -0.1) is 11.3 Å². The van der Waals surface area contributed by atoms with Crippen LogP contribution in [0.1, 0.15) is 44.5 Å². The molecule has 3 nitrogen and oxygen atoms in total. The van der Waals surface area contributed by atoms with Crippen molar-refractivity contribution in [1.29, 1.82) is 0 Å². The van der Waals surface area contributed by atoms with Crippen molar-refractivity contribution in [2.24, 2.45) is 5.41 Å². The molecule has 1 aliphatic heterocycles. The number of carbonyl (C=O) groups is 1. The number of thiazole rings is 1. The standard InChI is InChI=1S/C17H21ClN2OS/c1-17(2,3)16(21)20-8-6-11(7-9-20)15-19-13-10-12(18)4-5-14(13)22-15/h4-5,10-11H,6-9H2,1-3H3. The minimum Gasteiger partial charge on any atom is -0.342 e. The summed E-state index contributed by atoms with van der Waals surface area (Å²) < 4.78 is 1.19. The first-order chi connectivity index (χ1) is 10.3. The Morgan fingerprint density at radius 3 is 2.64 bits per heavy atom. The largest absolute Gasteiger partial charge is 0.342 e. The van der Waals surface area contributed by atoms with Crippen LogP contribution in [0.5, 0.6) is 0 Å². The first-order valence-electron chi connectivity index (χ1n) is 7.70. The molecule has 22 heavy (non-hydrogen) atoms. The van der Waals surface area contributed by atoms with Gasteiger partial charge in [0, 0.05) is 29.4 Å². The van der Waals surface area contributed by atoms with Gasteiger partial charge in [-0.2, -0.15) is 0 Å². The molecule has 3 rings (SSSR count). The minimum atomic E-state index is -0.292. The van der Waals surface area contributed by atoms with Gasteiger partial charge in [-0.1, -0.05) is 32.4 Å². The molecule has 1 aromatic carbocycles. The summed E-state index contributed by atoms with van der Waals surface area (Å²) in [6.45, 7) is 7.62. The molecule has 118 valence electrons. The van der Waals surface area contributed by atoms with Gasteiger partial charge in [0.25, 0.3) is 0 Å². The molecule has 0 aliphatic carbocycles. The first kappa shape index (κ1) is 15.8. The molecule has 0 bridgehead atoms. The van der Waals surface area contributed by atoms with Gasteiger partial charge in [-0.25, -0.2) is 4.98 Å². The number of rotatable bonds is 1. The van der Waals surface area contributed by atoms with Crippen LogP contribution in [-0.4, -0.2) is 28.9 Å². The molecule has 1 aromatic heterocycles. The predicted molar refractivity (Wildman–Crippen MR) is 92.6 cm³/mol. The summed E-state index contributed by atoms with van der Waals surface area (Å²) in [5.41, 5.74) is 0.695. The Balaban J connectivity index is 1.71. The summed E-state index contributed by atoms with van der Waals surface area (Å²) in [6.07, 6.45) is 1.99. The summed E-state index contributed by atoms with van der Waals surface area (Å²) in [4.78, 5) is 19.1. The van der Waals surface area contributed by atoms with Crippen LogP contribution >= 0.6 is 22.9 Å². The minimum absolute atomic E-state index is 0.252. The Bertz CT molecular complexity index is 696. The molecule has 2 heterocycles. The van der Waals surface area contributed by atoms with Gasteiger partial charge in [0.2, 0.25) is 5.91 Å². The summed E-state index contributed by atoms with van der Waals surface area (Å²) in [6, 6.07) is 5.88. The average Bonchev–Trinajstić information content (AvgIpc) is 2.88. The Hall–Kier alpha value is -1.13. The smallest absolute Gasteiger partial charge is 0.227 e. The molecule has 0 unspecified atom stereocenters. The van der Waals surface area contributed by atoms with E-state index >= 15 is 0 Å². The fourth-order valence-corrected chi connectivity index (χ4v) is 4.18. The number of hydrogen-bond acceptors (Lipinski definition) is 3. The lowest BCUT2D eigenvalue weighted by atomic mass is 9.91. The van der Waals surface area contributed by atoms with Crippen LogP contribution in [0.3, 0.4) is 0 Å². The number of piperidine rings is 1. The van der Waals surface area contributed by atoms with Gasteiger partial charge < -0.3 is 4.90 Å². The zero-order valence-electron chi connectivity index (χ0n) is 13.2. The summed E-state index contributed by atoms with van der Waals surface area (Å²) in [7, 11) is 0. The van der Waals surface area contributed by atoms with Crippen LogP contribution in [-0.2, 0) is 4.79 Å². The van der Waals surface area contributed by atoms with E-state index in [2.05, 4.69) is 0 Å². The molecule has 1 aliphatic rings. The molecule has 1 fully saturated rings. The van der Waals surface area contributed by atoms with Gasteiger partial charge in [-0.3, -0.25) is 4.79 Å². The number of amides is 1. The van der Waals surface area contributed by atoms with Gasteiger partial charge in [0.05, 0.1) is 15.2 Å². The normalized spacial score (nSPS) is 17.2. The molecule has 0 N–H and O–H groups in total. The van der Waals surface area contributed by atoms with E-state index in [9.17, 15) is 4.79 Å². The van der Waals surface area contributed by atoms with Crippen molar-refractivity contribution in [1.82, 2.24) is 9.88 Å². The van der Waals surface area contributed by atoms with E-state index in [0.29, 0.717) is 5.92 Å². The van der Waals surface area contributed by atoms with Crippen molar-refractivity contribution >= 4 is 39.1 Å². The third-order valence-electron chi connectivity index (χ3n) is 4.14. The highest BCUT2D eigenvalue weighted by Crippen LogP contribution is 2.35. The second-order valence-electron chi connectivity index (χ2n) is 6.98. The van der Waals surface area contributed by atoms with E-state index in [1.165, 1.54) is 9.71 Å². The lowest BCUT2D eigenvalue weighted by Crippen LogP contribution is -2.43. The van der Waals surface area contributed by atoms with E-state index in [4.69, 9.17) is 16.6 Å². The van der Waals surface area contributed by atoms with Crippen LogP contribution in [0.15, 0.2) is 18.2 Å². The highest BCUT2D eigenvalue weighted by atomic mass is 35.5. The molecular weight excluding hydrogens is 316 g/mol. The molecule has 1 saturated heterocycles. The number of likely N-dealkylation sites (tertiary alicyclic amines) is 1. The van der Waals surface area contributed by atoms with Gasteiger partial charge >= 0.3 is 0 Å². The highest BCUT2D eigenvalue weighted by Gasteiger charge is 2.31. The second-order valence-corrected chi connectivity index (χ2v) is 8.48. The number of hydrogen-bond donors (Lipinski definition) is 0. The number of fused-ring (bicyclic) bond motifs is 1. The highest BCUT2D eigenvalue weighted by molar-refractivity contribution is 7.18. The maximum absolute atomic E-state index is 12.3. The molecular formula is C17H21ClN2OS. The number of benzene rings is 1. The van der Waals surface area contributed by atoms with E-state index in [0.717, 1.165) is 36.5 Å². The first-order valence-corrected chi connectivity index (χ1v) is 8.89. The zero-order valence-corrected chi connectivity index (χ0v) is 14.8. The van der Waals surface area contributed by atoms with Crippen LogP contribution in [0, 0.1) is 5.41 Å². The molecule has 0 spiro atoms. The van der Waals surface area contributed by atoms with Crippen molar-refractivity contribution in [2.75, 3.05) is 13.1 Å². The molecule has 0 atom stereocenters. The van der Waals surface area contributed by atoms with Crippen LogP contribution in [0.4, 0.5) is 0 Å². The Kier molecular flexibility index (Phi) is 4.17. The monoisotopic (exact) mass is 336 g/mol. The van der Waals surface area contributed by atoms with Crippen molar-refractivity contribution in [2.45, 2.75) is 39.5 Å². The molecule has 2 aromatic rings. The number of nitrogens with zero attached hydrogens (tertiary/aromatic N) is 2. The topological polar surface area (TPSA) is 33.2 Å². The summed E-state index contributed by atoms with van der Waals surface area (Å²) in [5.74, 6) is 0.710. The van der Waals surface area contributed by atoms with Crippen LogP contribution in [0.2, 0.25) is 5.02 Å². The van der Waals surface area contributed by atoms with Crippen molar-refractivity contribution < 1.29 is 4.79 Å². The lowest BCUT2D eigenvalue weighted by Gasteiger charge is -2.35. The van der Waals surface area contributed by atoms with E-state index in [1.54, 1.807) is 11.3 Å². The zero-order chi connectivity index (χ0) is 15.9. The van der Waals surface area contributed by atoms with Crippen molar-refractivity contribution in [3.05, 3.63) is 28.2 Å². The SMILES string of the molecule is CC(C)(C)C(=O)N1CCC(c2nc3cc(Cl)ccc3s2)CC1. The maximum atomic E-state index is 12.3. The second kappa shape index (κ2) is 5.82. The van der Waals surface area contributed by atoms with Crippen LogP contribution < -0.4 is 0 Å². The quantitative estimate of drug-likeness (QED) is 0.756. The van der Waals surface area contributed by atoms with Crippen LogP contribution in [0.25, 0.3) is 10.2 Å². The van der Waals surface area contributed by atoms with Crippen molar-refractivity contribution in [3.63, 3.8) is 0 Å². The average molecular weight is 337 g/mol. The Morgan fingerprint density at radius 1 is 1.32 bits per heavy atom. The Morgan fingerprint density at radius 2 is 2.00 bits per heavy atom. The fourth-order valence-electron chi connectivity index (χ4n) is 2.90. The van der Waals surface area contributed by atoms with Gasteiger partial charge in [0.1, 0.15) is 0 Å². The van der Waals surface area contributed by atoms with Gasteiger partial charge in [0.15, 0.2) is 0 Å². The number of halogens is 1. The third kappa shape index (κ3) is 3.13. The molecule has 0 saturated carbocycles. The van der Waals surface area contributed by atoms with E-state index in [-0.39, 0.29) is 11.3 Å². The predicted octanol–water partition coefficient (Wildman–Crippen LogP) is 4.70. The summed E-state index contributed by atoms with van der Waals surface area (Å²) >= 11 is 7.79.